The summed E-state index contributed by atoms with van der Waals surface area (Å²) in [5.41, 5.74) is 10.1. The third-order valence-corrected chi connectivity index (χ3v) is 4.63. The van der Waals surface area contributed by atoms with Crippen LogP contribution in [0, 0.1) is 0 Å². The molecule has 0 bridgehead atoms. The minimum Gasteiger partial charge on any atom is -0.341 e. The van der Waals surface area contributed by atoms with Gasteiger partial charge in [0.05, 0.1) is 16.4 Å². The standard InChI is InChI=1S/C21H19N3/c22-15-21(16-9-3-1-4-10-16,17-11-5-2-6-12-17)20-23-18-13-7-8-14-19(18)24-20/h1-14H,15,22H2,(H,23,24). The number of hydrogen-bond acceptors (Lipinski definition) is 2. The van der Waals surface area contributed by atoms with Gasteiger partial charge in [-0.05, 0) is 23.3 Å². The molecule has 3 nitrogen and oxygen atoms in total. The minimum absolute atomic E-state index is 0.431. The average molecular weight is 313 g/mol. The molecule has 0 amide bonds. The molecule has 0 aliphatic rings. The summed E-state index contributed by atoms with van der Waals surface area (Å²) >= 11 is 0. The number of imidazole rings is 1. The van der Waals surface area contributed by atoms with Crippen molar-refractivity contribution in [1.82, 2.24) is 9.97 Å². The van der Waals surface area contributed by atoms with Crippen LogP contribution in [-0.4, -0.2) is 16.5 Å². The number of nitrogens with two attached hydrogens (primary N) is 1. The Morgan fingerprint density at radius 2 is 1.29 bits per heavy atom. The van der Waals surface area contributed by atoms with Crippen LogP contribution in [0.25, 0.3) is 11.0 Å². The normalized spacial score (nSPS) is 11.7. The number of benzene rings is 3. The summed E-state index contributed by atoms with van der Waals surface area (Å²) in [7, 11) is 0. The molecule has 4 rings (SSSR count). The molecule has 1 heterocycles. The number of nitrogens with one attached hydrogen (secondary N) is 1. The highest BCUT2D eigenvalue weighted by molar-refractivity contribution is 5.75. The summed E-state index contributed by atoms with van der Waals surface area (Å²) < 4.78 is 0. The Balaban J connectivity index is 2.03. The fourth-order valence-electron chi connectivity index (χ4n) is 3.37. The zero-order valence-electron chi connectivity index (χ0n) is 13.3. The predicted molar refractivity (Wildman–Crippen MR) is 97.9 cm³/mol. The van der Waals surface area contributed by atoms with E-state index >= 15 is 0 Å². The Hall–Kier alpha value is -2.91. The largest absolute Gasteiger partial charge is 0.341 e. The topological polar surface area (TPSA) is 54.7 Å². The van der Waals surface area contributed by atoms with Gasteiger partial charge in [-0.1, -0.05) is 72.8 Å². The number of fused-ring (bicyclic) bond motifs is 1. The number of aromatic amines is 1. The molecule has 0 saturated carbocycles. The van der Waals surface area contributed by atoms with Gasteiger partial charge in [-0.3, -0.25) is 0 Å². The van der Waals surface area contributed by atoms with Crippen molar-refractivity contribution < 1.29 is 0 Å². The lowest BCUT2D eigenvalue weighted by Crippen LogP contribution is -2.38. The first-order valence-corrected chi connectivity index (χ1v) is 8.11. The van der Waals surface area contributed by atoms with Crippen molar-refractivity contribution in [2.75, 3.05) is 6.54 Å². The van der Waals surface area contributed by atoms with Crippen LogP contribution in [-0.2, 0) is 5.41 Å². The van der Waals surface area contributed by atoms with Crippen molar-refractivity contribution in [3.63, 3.8) is 0 Å². The van der Waals surface area contributed by atoms with Crippen molar-refractivity contribution >= 4 is 11.0 Å². The minimum atomic E-state index is -0.498. The van der Waals surface area contributed by atoms with Crippen LogP contribution in [0.5, 0.6) is 0 Å². The van der Waals surface area contributed by atoms with Crippen LogP contribution < -0.4 is 5.73 Å². The third kappa shape index (κ3) is 2.22. The Kier molecular flexibility index (Phi) is 3.63. The lowest BCUT2D eigenvalue weighted by Gasteiger charge is -2.32. The van der Waals surface area contributed by atoms with Gasteiger partial charge in [0, 0.05) is 6.54 Å². The number of H-pyrrole nitrogens is 1. The number of nitrogens with zero attached hydrogens (tertiary/aromatic N) is 1. The summed E-state index contributed by atoms with van der Waals surface area (Å²) in [6.45, 7) is 0.431. The van der Waals surface area contributed by atoms with E-state index < -0.39 is 5.41 Å². The number of rotatable bonds is 4. The summed E-state index contributed by atoms with van der Waals surface area (Å²) in [5.74, 6) is 0.878. The van der Waals surface area contributed by atoms with Crippen LogP contribution in [0.15, 0.2) is 84.9 Å². The lowest BCUT2D eigenvalue weighted by atomic mass is 9.74. The highest BCUT2D eigenvalue weighted by Gasteiger charge is 2.37. The SMILES string of the molecule is NCC(c1ccccc1)(c1ccccc1)c1nc2ccccc2[nH]1. The summed E-state index contributed by atoms with van der Waals surface area (Å²) in [5, 5.41) is 0. The fraction of sp³-hybridized carbons (Fsp3) is 0.0952. The van der Waals surface area contributed by atoms with Crippen LogP contribution >= 0.6 is 0 Å². The van der Waals surface area contributed by atoms with E-state index in [2.05, 4.69) is 29.2 Å². The van der Waals surface area contributed by atoms with Crippen molar-refractivity contribution in [2.24, 2.45) is 5.73 Å². The molecule has 3 N–H and O–H groups in total. The zero-order chi connectivity index (χ0) is 16.4. The maximum atomic E-state index is 6.37. The molecule has 3 aromatic carbocycles. The molecule has 0 saturated heterocycles. The monoisotopic (exact) mass is 313 g/mol. The van der Waals surface area contributed by atoms with Crippen molar-refractivity contribution in [1.29, 1.82) is 0 Å². The maximum absolute atomic E-state index is 6.37. The molecular formula is C21H19N3. The van der Waals surface area contributed by atoms with Gasteiger partial charge in [0.25, 0.3) is 0 Å². The first-order chi connectivity index (χ1) is 11.8. The van der Waals surface area contributed by atoms with E-state index in [0.717, 1.165) is 28.0 Å². The van der Waals surface area contributed by atoms with E-state index in [4.69, 9.17) is 10.7 Å². The number of hydrogen-bond donors (Lipinski definition) is 2. The number of para-hydroxylation sites is 2. The van der Waals surface area contributed by atoms with E-state index in [0.29, 0.717) is 6.54 Å². The molecule has 4 aromatic rings. The number of aromatic nitrogens is 2. The molecule has 0 spiro atoms. The Morgan fingerprint density at radius 3 is 1.83 bits per heavy atom. The van der Waals surface area contributed by atoms with Gasteiger partial charge in [-0.2, -0.15) is 0 Å². The second-order valence-electron chi connectivity index (χ2n) is 5.94. The van der Waals surface area contributed by atoms with E-state index in [1.807, 2.05) is 60.7 Å². The highest BCUT2D eigenvalue weighted by Crippen LogP contribution is 2.37. The molecule has 0 radical (unpaired) electrons. The molecule has 0 unspecified atom stereocenters. The van der Waals surface area contributed by atoms with Crippen LogP contribution in [0.1, 0.15) is 17.0 Å². The van der Waals surface area contributed by atoms with Crippen molar-refractivity contribution in [2.45, 2.75) is 5.41 Å². The molecule has 3 heteroatoms. The van der Waals surface area contributed by atoms with E-state index in [1.54, 1.807) is 0 Å². The molecular weight excluding hydrogens is 294 g/mol. The molecule has 24 heavy (non-hydrogen) atoms. The maximum Gasteiger partial charge on any atom is 0.123 e. The second-order valence-corrected chi connectivity index (χ2v) is 5.94. The summed E-state index contributed by atoms with van der Waals surface area (Å²) in [4.78, 5) is 8.37. The van der Waals surface area contributed by atoms with Crippen LogP contribution in [0.2, 0.25) is 0 Å². The highest BCUT2D eigenvalue weighted by atomic mass is 15.0. The van der Waals surface area contributed by atoms with Gasteiger partial charge in [-0.15, -0.1) is 0 Å². The fourth-order valence-corrected chi connectivity index (χ4v) is 3.37. The molecule has 0 aliphatic heterocycles. The first-order valence-electron chi connectivity index (χ1n) is 8.11. The Bertz CT molecular complexity index is 870. The molecule has 118 valence electrons. The van der Waals surface area contributed by atoms with Crippen LogP contribution in [0.3, 0.4) is 0 Å². The molecule has 0 fully saturated rings. The van der Waals surface area contributed by atoms with Gasteiger partial charge in [0.15, 0.2) is 0 Å². The quantitative estimate of drug-likeness (QED) is 0.601. The average Bonchev–Trinajstić information content (AvgIpc) is 3.09. The Morgan fingerprint density at radius 1 is 0.750 bits per heavy atom. The third-order valence-electron chi connectivity index (χ3n) is 4.63. The van der Waals surface area contributed by atoms with Crippen molar-refractivity contribution in [3.8, 4) is 0 Å². The molecule has 0 aliphatic carbocycles. The van der Waals surface area contributed by atoms with Crippen molar-refractivity contribution in [3.05, 3.63) is 102 Å². The first kappa shape index (κ1) is 14.7. The van der Waals surface area contributed by atoms with E-state index in [-0.39, 0.29) is 0 Å². The zero-order valence-corrected chi connectivity index (χ0v) is 13.3. The van der Waals surface area contributed by atoms with E-state index in [9.17, 15) is 0 Å². The van der Waals surface area contributed by atoms with Gasteiger partial charge < -0.3 is 10.7 Å². The Labute approximate surface area is 141 Å². The smallest absolute Gasteiger partial charge is 0.123 e. The predicted octanol–water partition coefficient (Wildman–Crippen LogP) is 3.86. The van der Waals surface area contributed by atoms with Gasteiger partial charge in [0.1, 0.15) is 5.82 Å². The van der Waals surface area contributed by atoms with Gasteiger partial charge in [-0.25, -0.2) is 4.98 Å². The lowest BCUT2D eigenvalue weighted by molar-refractivity contribution is 0.594. The van der Waals surface area contributed by atoms with E-state index in [1.165, 1.54) is 0 Å². The molecule has 1 aromatic heterocycles. The second kappa shape index (κ2) is 5.95. The van der Waals surface area contributed by atoms with Gasteiger partial charge >= 0.3 is 0 Å². The molecule has 0 atom stereocenters. The summed E-state index contributed by atoms with van der Waals surface area (Å²) in [6.07, 6.45) is 0. The summed E-state index contributed by atoms with van der Waals surface area (Å²) in [6, 6.07) is 28.8. The van der Waals surface area contributed by atoms with Crippen LogP contribution in [0.4, 0.5) is 0 Å². The van der Waals surface area contributed by atoms with Gasteiger partial charge in [0.2, 0.25) is 0 Å².